The predicted octanol–water partition coefficient (Wildman–Crippen LogP) is 1.46. The largest absolute Gasteiger partial charge is 0.480 e. The van der Waals surface area contributed by atoms with E-state index in [0.29, 0.717) is 18.5 Å². The molecular formula is C13H17NO4S. The van der Waals surface area contributed by atoms with Gasteiger partial charge >= 0.3 is 5.97 Å². The van der Waals surface area contributed by atoms with E-state index < -0.39 is 22.0 Å². The van der Waals surface area contributed by atoms with Crippen molar-refractivity contribution in [2.45, 2.75) is 31.1 Å². The van der Waals surface area contributed by atoms with E-state index in [1.807, 2.05) is 6.07 Å². The zero-order valence-corrected chi connectivity index (χ0v) is 11.3. The number of nitrogens with zero attached hydrogens (tertiary/aromatic N) is 1. The molecule has 0 bridgehead atoms. The van der Waals surface area contributed by atoms with Crippen molar-refractivity contribution in [3.63, 3.8) is 0 Å². The molecule has 0 aliphatic carbocycles. The maximum Gasteiger partial charge on any atom is 0.322 e. The summed E-state index contributed by atoms with van der Waals surface area (Å²) < 4.78 is 25.8. The summed E-state index contributed by atoms with van der Waals surface area (Å²) in [4.78, 5) is 11.2. The second-order valence-corrected chi connectivity index (χ2v) is 6.62. The molecule has 2 rings (SSSR count). The molecule has 0 spiro atoms. The second-order valence-electron chi connectivity index (χ2n) is 4.70. The minimum atomic E-state index is -3.58. The molecule has 0 saturated carbocycles. The van der Waals surface area contributed by atoms with Gasteiger partial charge in [-0.05, 0) is 24.8 Å². The predicted molar refractivity (Wildman–Crippen MR) is 71.0 cm³/mol. The topological polar surface area (TPSA) is 74.7 Å². The van der Waals surface area contributed by atoms with E-state index in [4.69, 9.17) is 5.11 Å². The lowest BCUT2D eigenvalue weighted by atomic mass is 10.1. The molecule has 6 heteroatoms. The number of carbonyl (C=O) groups is 1. The lowest BCUT2D eigenvalue weighted by molar-refractivity contribution is -0.142. The fourth-order valence-electron chi connectivity index (χ4n) is 2.35. The Morgan fingerprint density at radius 3 is 2.58 bits per heavy atom. The number of rotatable bonds is 4. The van der Waals surface area contributed by atoms with E-state index in [1.54, 1.807) is 24.3 Å². The summed E-state index contributed by atoms with van der Waals surface area (Å²) in [6.45, 7) is 0.298. The summed E-state index contributed by atoms with van der Waals surface area (Å²) in [5, 5.41) is 9.13. The highest BCUT2D eigenvalue weighted by Gasteiger charge is 2.36. The monoisotopic (exact) mass is 283 g/mol. The summed E-state index contributed by atoms with van der Waals surface area (Å²) in [5.41, 5.74) is 0.678. The van der Waals surface area contributed by atoms with E-state index >= 15 is 0 Å². The number of piperidine rings is 1. The number of hydrogen-bond donors (Lipinski definition) is 1. The maximum absolute atomic E-state index is 12.3. The molecule has 0 aromatic heterocycles. The SMILES string of the molecule is O=C(O)C1CCCCN1S(=O)(=O)Cc1ccccc1. The van der Waals surface area contributed by atoms with Crippen LogP contribution in [0.1, 0.15) is 24.8 Å². The van der Waals surface area contributed by atoms with Crippen LogP contribution in [0, 0.1) is 0 Å². The lowest BCUT2D eigenvalue weighted by Crippen LogP contribution is -2.48. The summed E-state index contributed by atoms with van der Waals surface area (Å²) in [6.07, 6.45) is 1.87. The lowest BCUT2D eigenvalue weighted by Gasteiger charge is -2.31. The average Bonchev–Trinajstić information content (AvgIpc) is 2.39. The van der Waals surface area contributed by atoms with Crippen LogP contribution in [0.15, 0.2) is 30.3 Å². The van der Waals surface area contributed by atoms with Crippen molar-refractivity contribution in [1.29, 1.82) is 0 Å². The van der Waals surface area contributed by atoms with Gasteiger partial charge in [0.2, 0.25) is 10.0 Å². The second kappa shape index (κ2) is 5.71. The third-order valence-corrected chi connectivity index (χ3v) is 5.14. The number of benzene rings is 1. The van der Waals surface area contributed by atoms with Crippen LogP contribution in [0.4, 0.5) is 0 Å². The standard InChI is InChI=1S/C13H17NO4S/c15-13(16)12-8-4-5-9-14(12)19(17,18)10-11-6-2-1-3-7-11/h1-3,6-7,12H,4-5,8-10H2,(H,15,16). The van der Waals surface area contributed by atoms with E-state index in [-0.39, 0.29) is 5.75 Å². The zero-order chi connectivity index (χ0) is 13.9. The number of carboxylic acids is 1. The van der Waals surface area contributed by atoms with Crippen molar-refractivity contribution in [3.8, 4) is 0 Å². The van der Waals surface area contributed by atoms with Crippen molar-refractivity contribution in [2.24, 2.45) is 0 Å². The van der Waals surface area contributed by atoms with E-state index in [9.17, 15) is 13.2 Å². The molecule has 19 heavy (non-hydrogen) atoms. The van der Waals surface area contributed by atoms with Gasteiger partial charge in [-0.1, -0.05) is 30.3 Å². The Kier molecular flexibility index (Phi) is 4.21. The van der Waals surface area contributed by atoms with Crippen molar-refractivity contribution >= 4 is 16.0 Å². The number of sulfonamides is 1. The van der Waals surface area contributed by atoms with Crippen LogP contribution < -0.4 is 0 Å². The molecule has 1 N–H and O–H groups in total. The molecule has 1 unspecified atom stereocenters. The molecule has 1 aromatic rings. The quantitative estimate of drug-likeness (QED) is 0.907. The van der Waals surface area contributed by atoms with Crippen LogP contribution in [0.3, 0.4) is 0 Å². The van der Waals surface area contributed by atoms with Crippen LogP contribution in [-0.4, -0.2) is 36.4 Å². The Bertz CT molecular complexity index is 541. The minimum Gasteiger partial charge on any atom is -0.480 e. The maximum atomic E-state index is 12.3. The summed E-state index contributed by atoms with van der Waals surface area (Å²) in [5.74, 6) is -1.20. The molecule has 1 atom stereocenters. The van der Waals surface area contributed by atoms with Crippen molar-refractivity contribution in [3.05, 3.63) is 35.9 Å². The number of carboxylic acid groups (broad SMARTS) is 1. The van der Waals surface area contributed by atoms with Gasteiger partial charge in [-0.15, -0.1) is 0 Å². The van der Waals surface area contributed by atoms with Gasteiger partial charge in [-0.3, -0.25) is 4.79 Å². The fourth-order valence-corrected chi connectivity index (χ4v) is 4.12. The highest BCUT2D eigenvalue weighted by Crippen LogP contribution is 2.23. The van der Waals surface area contributed by atoms with Gasteiger partial charge in [0.25, 0.3) is 0 Å². The van der Waals surface area contributed by atoms with Crippen LogP contribution in [0.25, 0.3) is 0 Å². The van der Waals surface area contributed by atoms with Gasteiger partial charge in [0.1, 0.15) is 6.04 Å². The molecule has 1 saturated heterocycles. The fraction of sp³-hybridized carbons (Fsp3) is 0.462. The Morgan fingerprint density at radius 2 is 1.95 bits per heavy atom. The van der Waals surface area contributed by atoms with Gasteiger partial charge in [-0.25, -0.2) is 8.42 Å². The first-order chi connectivity index (χ1) is 9.00. The Morgan fingerprint density at radius 1 is 1.26 bits per heavy atom. The summed E-state index contributed by atoms with van der Waals surface area (Å²) >= 11 is 0. The molecule has 1 aliphatic heterocycles. The van der Waals surface area contributed by atoms with Crippen LogP contribution in [0.5, 0.6) is 0 Å². The summed E-state index contributed by atoms with van der Waals surface area (Å²) in [6, 6.07) is 7.92. The van der Waals surface area contributed by atoms with Crippen molar-refractivity contribution in [2.75, 3.05) is 6.54 Å². The Labute approximate surface area is 112 Å². The van der Waals surface area contributed by atoms with E-state index in [0.717, 1.165) is 17.1 Å². The molecule has 1 aromatic carbocycles. The van der Waals surface area contributed by atoms with Gasteiger partial charge in [0, 0.05) is 6.54 Å². The van der Waals surface area contributed by atoms with E-state index in [2.05, 4.69) is 0 Å². The van der Waals surface area contributed by atoms with Gasteiger partial charge in [0.05, 0.1) is 5.75 Å². The van der Waals surface area contributed by atoms with Crippen LogP contribution in [-0.2, 0) is 20.6 Å². The normalized spacial score (nSPS) is 21.2. The molecule has 104 valence electrons. The zero-order valence-electron chi connectivity index (χ0n) is 10.5. The molecule has 1 aliphatic rings. The summed E-state index contributed by atoms with van der Waals surface area (Å²) in [7, 11) is -3.58. The van der Waals surface area contributed by atoms with E-state index in [1.165, 1.54) is 0 Å². The molecule has 1 fully saturated rings. The Hall–Kier alpha value is -1.40. The van der Waals surface area contributed by atoms with Crippen LogP contribution >= 0.6 is 0 Å². The minimum absolute atomic E-state index is 0.141. The van der Waals surface area contributed by atoms with Gasteiger partial charge in [0.15, 0.2) is 0 Å². The van der Waals surface area contributed by atoms with Gasteiger partial charge in [-0.2, -0.15) is 4.31 Å². The van der Waals surface area contributed by atoms with Crippen molar-refractivity contribution < 1.29 is 18.3 Å². The average molecular weight is 283 g/mol. The highest BCUT2D eigenvalue weighted by atomic mass is 32.2. The van der Waals surface area contributed by atoms with Crippen LogP contribution in [0.2, 0.25) is 0 Å². The third-order valence-electron chi connectivity index (χ3n) is 3.29. The molecule has 1 heterocycles. The molecule has 0 amide bonds. The number of aliphatic carboxylic acids is 1. The first kappa shape index (κ1) is 14.0. The third kappa shape index (κ3) is 3.33. The first-order valence-corrected chi connectivity index (χ1v) is 7.88. The smallest absolute Gasteiger partial charge is 0.322 e. The molecule has 5 nitrogen and oxygen atoms in total. The highest BCUT2D eigenvalue weighted by molar-refractivity contribution is 7.88. The molecular weight excluding hydrogens is 266 g/mol. The molecule has 0 radical (unpaired) electrons. The van der Waals surface area contributed by atoms with Crippen molar-refractivity contribution in [1.82, 2.24) is 4.31 Å². The Balaban J connectivity index is 2.20. The number of hydrogen-bond acceptors (Lipinski definition) is 3. The van der Waals surface area contributed by atoms with Gasteiger partial charge < -0.3 is 5.11 Å². The first-order valence-electron chi connectivity index (χ1n) is 6.27.